The number of nitrogens with zero attached hydrogens (tertiary/aromatic N) is 1. The zero-order valence-electron chi connectivity index (χ0n) is 21.0. The van der Waals surface area contributed by atoms with E-state index in [1.165, 1.54) is 89.9 Å². The lowest BCUT2D eigenvalue weighted by Crippen LogP contribution is -2.20. The molecule has 0 aliphatic heterocycles. The predicted molar refractivity (Wildman–Crippen MR) is 141 cm³/mol. The topological polar surface area (TPSA) is 41.6 Å². The van der Waals surface area contributed by atoms with Gasteiger partial charge in [0.15, 0.2) is 0 Å². The van der Waals surface area contributed by atoms with E-state index in [-0.39, 0.29) is 18.4 Å². The largest absolute Gasteiger partial charge is 0.461 e. The molecule has 0 unspecified atom stereocenters. The highest BCUT2D eigenvalue weighted by molar-refractivity contribution is 5.89. The molecule has 0 heterocycles. The molecule has 0 aliphatic rings. The standard InChI is InChI=1S/C27H48N2O2.ClH/c1-4-5-6-7-8-9-10-11-12-13-14-15-16-17-22-28-26-20-18-25(19-21-26)27(30)31-24-23-29(2)3;/h18-21,28H,4-17,22-24H2,1-3H3;1H. The highest BCUT2D eigenvalue weighted by atomic mass is 35.5. The van der Waals surface area contributed by atoms with Crippen LogP contribution in [0.4, 0.5) is 5.69 Å². The Morgan fingerprint density at radius 2 is 1.25 bits per heavy atom. The highest BCUT2D eigenvalue weighted by Crippen LogP contribution is 2.14. The molecule has 1 aromatic carbocycles. The number of ether oxygens (including phenoxy) is 1. The molecule has 0 bridgehead atoms. The van der Waals surface area contributed by atoms with E-state index >= 15 is 0 Å². The zero-order valence-corrected chi connectivity index (χ0v) is 21.8. The Bertz CT molecular complexity index is 549. The molecule has 1 aromatic rings. The zero-order chi connectivity index (χ0) is 22.6. The van der Waals surface area contributed by atoms with Crippen molar-refractivity contribution in [3.05, 3.63) is 29.8 Å². The Hall–Kier alpha value is -1.26. The van der Waals surface area contributed by atoms with Crippen molar-refractivity contribution in [2.45, 2.75) is 96.8 Å². The molecule has 1 rings (SSSR count). The first-order valence-corrected chi connectivity index (χ1v) is 12.8. The van der Waals surface area contributed by atoms with Crippen LogP contribution in [0.15, 0.2) is 24.3 Å². The minimum absolute atomic E-state index is 0. The van der Waals surface area contributed by atoms with Crippen molar-refractivity contribution in [2.75, 3.05) is 39.1 Å². The summed E-state index contributed by atoms with van der Waals surface area (Å²) in [5.41, 5.74) is 1.68. The molecule has 0 aromatic heterocycles. The van der Waals surface area contributed by atoms with E-state index in [2.05, 4.69) is 12.2 Å². The number of benzene rings is 1. The van der Waals surface area contributed by atoms with Crippen molar-refractivity contribution in [2.24, 2.45) is 0 Å². The molecule has 186 valence electrons. The van der Waals surface area contributed by atoms with Crippen molar-refractivity contribution in [1.82, 2.24) is 4.90 Å². The molecular weight excluding hydrogens is 420 g/mol. The van der Waals surface area contributed by atoms with Crippen molar-refractivity contribution in [3.8, 4) is 0 Å². The third kappa shape index (κ3) is 17.3. The van der Waals surface area contributed by atoms with E-state index in [0.717, 1.165) is 18.8 Å². The fraction of sp³-hybridized carbons (Fsp3) is 0.741. The minimum atomic E-state index is -0.250. The second-order valence-corrected chi connectivity index (χ2v) is 9.04. The number of anilines is 1. The van der Waals surface area contributed by atoms with Crippen LogP contribution in [0.2, 0.25) is 0 Å². The van der Waals surface area contributed by atoms with Gasteiger partial charge in [0.25, 0.3) is 0 Å². The van der Waals surface area contributed by atoms with Gasteiger partial charge in [0.05, 0.1) is 5.56 Å². The van der Waals surface area contributed by atoms with E-state index < -0.39 is 0 Å². The van der Waals surface area contributed by atoms with E-state index in [0.29, 0.717) is 12.2 Å². The predicted octanol–water partition coefficient (Wildman–Crippen LogP) is 7.72. The van der Waals surface area contributed by atoms with Gasteiger partial charge in [-0.05, 0) is 44.8 Å². The number of unbranched alkanes of at least 4 members (excludes halogenated alkanes) is 13. The average molecular weight is 469 g/mol. The number of likely N-dealkylation sites (N-methyl/N-ethyl adjacent to an activating group) is 1. The Labute approximate surface area is 204 Å². The Morgan fingerprint density at radius 3 is 1.72 bits per heavy atom. The summed E-state index contributed by atoms with van der Waals surface area (Å²) < 4.78 is 5.27. The SMILES string of the molecule is CCCCCCCCCCCCCCCCNc1ccc(C(=O)OCCN(C)C)cc1.Cl. The molecule has 4 nitrogen and oxygen atoms in total. The first-order valence-electron chi connectivity index (χ1n) is 12.8. The lowest BCUT2D eigenvalue weighted by molar-refractivity contribution is 0.0482. The van der Waals surface area contributed by atoms with Crippen LogP contribution in [0, 0.1) is 0 Å². The molecule has 0 atom stereocenters. The number of nitrogens with one attached hydrogen (secondary N) is 1. The molecule has 0 fully saturated rings. The number of hydrogen-bond acceptors (Lipinski definition) is 4. The first-order chi connectivity index (χ1) is 15.1. The van der Waals surface area contributed by atoms with E-state index in [9.17, 15) is 4.79 Å². The molecule has 32 heavy (non-hydrogen) atoms. The van der Waals surface area contributed by atoms with Gasteiger partial charge in [-0.15, -0.1) is 12.4 Å². The van der Waals surface area contributed by atoms with Gasteiger partial charge in [0.2, 0.25) is 0 Å². The third-order valence-corrected chi connectivity index (χ3v) is 5.75. The number of hydrogen-bond donors (Lipinski definition) is 1. The minimum Gasteiger partial charge on any atom is -0.461 e. The van der Waals surface area contributed by atoms with Crippen molar-refractivity contribution >= 4 is 24.1 Å². The van der Waals surface area contributed by atoms with Crippen molar-refractivity contribution in [3.63, 3.8) is 0 Å². The average Bonchev–Trinajstić information content (AvgIpc) is 2.76. The quantitative estimate of drug-likeness (QED) is 0.157. The maximum Gasteiger partial charge on any atom is 0.338 e. The van der Waals surface area contributed by atoms with Gasteiger partial charge in [-0.2, -0.15) is 0 Å². The van der Waals surface area contributed by atoms with Crippen molar-refractivity contribution in [1.29, 1.82) is 0 Å². The lowest BCUT2D eigenvalue weighted by atomic mass is 10.0. The molecule has 1 N–H and O–H groups in total. The van der Waals surface area contributed by atoms with Gasteiger partial charge in [-0.25, -0.2) is 4.79 Å². The second-order valence-electron chi connectivity index (χ2n) is 9.04. The smallest absolute Gasteiger partial charge is 0.338 e. The van der Waals surface area contributed by atoms with Crippen LogP contribution < -0.4 is 5.32 Å². The van der Waals surface area contributed by atoms with Crippen LogP contribution in [-0.2, 0) is 4.74 Å². The molecular formula is C27H49ClN2O2. The second kappa shape index (κ2) is 21.6. The highest BCUT2D eigenvalue weighted by Gasteiger charge is 2.06. The van der Waals surface area contributed by atoms with Gasteiger partial charge in [-0.3, -0.25) is 0 Å². The van der Waals surface area contributed by atoms with Crippen LogP contribution in [-0.4, -0.2) is 44.7 Å². The maximum absolute atomic E-state index is 12.0. The molecule has 0 spiro atoms. The molecule has 0 radical (unpaired) electrons. The van der Waals surface area contributed by atoms with Gasteiger partial charge in [0.1, 0.15) is 6.61 Å². The summed E-state index contributed by atoms with van der Waals surface area (Å²) >= 11 is 0. The van der Waals surface area contributed by atoms with Gasteiger partial charge >= 0.3 is 5.97 Å². The number of carbonyl (C=O) groups is 1. The summed E-state index contributed by atoms with van der Waals surface area (Å²) in [5, 5.41) is 3.45. The van der Waals surface area contributed by atoms with Gasteiger partial charge in [-0.1, -0.05) is 90.4 Å². The van der Waals surface area contributed by atoms with E-state index in [1.807, 2.05) is 43.3 Å². The fourth-order valence-electron chi connectivity index (χ4n) is 3.68. The van der Waals surface area contributed by atoms with Crippen LogP contribution in [0.1, 0.15) is 107 Å². The molecule has 0 aliphatic carbocycles. The van der Waals surface area contributed by atoms with Crippen molar-refractivity contribution < 1.29 is 9.53 Å². The lowest BCUT2D eigenvalue weighted by Gasteiger charge is -2.10. The Balaban J connectivity index is 0.00000961. The number of esters is 1. The third-order valence-electron chi connectivity index (χ3n) is 5.75. The summed E-state index contributed by atoms with van der Waals surface area (Å²) in [6.07, 6.45) is 19.4. The first kappa shape index (κ1) is 30.7. The maximum atomic E-state index is 12.0. The van der Waals surface area contributed by atoms with Crippen LogP contribution in [0.3, 0.4) is 0 Å². The summed E-state index contributed by atoms with van der Waals surface area (Å²) in [4.78, 5) is 14.0. The fourth-order valence-corrected chi connectivity index (χ4v) is 3.68. The van der Waals surface area contributed by atoms with E-state index in [1.54, 1.807) is 0 Å². The monoisotopic (exact) mass is 468 g/mol. The number of halogens is 1. The molecule has 0 amide bonds. The van der Waals surface area contributed by atoms with Crippen LogP contribution in [0.25, 0.3) is 0 Å². The van der Waals surface area contributed by atoms with Crippen LogP contribution in [0.5, 0.6) is 0 Å². The summed E-state index contributed by atoms with van der Waals surface area (Å²) in [5.74, 6) is -0.250. The van der Waals surface area contributed by atoms with Gasteiger partial charge < -0.3 is 15.0 Å². The van der Waals surface area contributed by atoms with E-state index in [4.69, 9.17) is 4.74 Å². The molecule has 0 saturated heterocycles. The van der Waals surface area contributed by atoms with Gasteiger partial charge in [0, 0.05) is 18.8 Å². The Morgan fingerprint density at radius 1 is 0.781 bits per heavy atom. The molecule has 0 saturated carbocycles. The summed E-state index contributed by atoms with van der Waals surface area (Å²) in [6.45, 7) is 4.44. The Kier molecular flexibility index (Phi) is 20.7. The summed E-state index contributed by atoms with van der Waals surface area (Å²) in [6, 6.07) is 7.61. The normalized spacial score (nSPS) is 10.8. The number of rotatable bonds is 20. The summed E-state index contributed by atoms with van der Waals surface area (Å²) in [7, 11) is 3.93. The molecule has 5 heteroatoms. The number of carbonyl (C=O) groups excluding carboxylic acids is 1. The van der Waals surface area contributed by atoms with Crippen LogP contribution >= 0.6 is 12.4 Å².